The Morgan fingerprint density at radius 2 is 2.25 bits per heavy atom. The molecule has 3 aromatic rings. The fourth-order valence-corrected chi connectivity index (χ4v) is 3.10. The molecule has 0 radical (unpaired) electrons. The van der Waals surface area contributed by atoms with E-state index in [4.69, 9.17) is 0 Å². The summed E-state index contributed by atoms with van der Waals surface area (Å²) in [6.45, 7) is 3.88. The molecule has 3 rings (SSSR count). The number of nitrogens with one attached hydrogen (secondary N) is 1. The van der Waals surface area contributed by atoms with Gasteiger partial charge in [-0.25, -0.2) is 4.98 Å². The third kappa shape index (κ3) is 2.36. The minimum atomic E-state index is 0.129. The Morgan fingerprint density at radius 1 is 1.40 bits per heavy atom. The zero-order valence-corrected chi connectivity index (χ0v) is 12.2. The Hall–Kier alpha value is -2.01. The zero-order chi connectivity index (χ0) is 14.1. The van der Waals surface area contributed by atoms with E-state index in [0.29, 0.717) is 5.75 Å². The lowest BCUT2D eigenvalue weighted by molar-refractivity contribution is 0.102. The highest BCUT2D eigenvalue weighted by atomic mass is 32.2. The molecule has 3 heterocycles. The SMILES string of the molecule is Cc1cc(C(=O)CSc2ncc3ccccn23)c(C)[nH]1. The van der Waals surface area contributed by atoms with E-state index in [9.17, 15) is 4.79 Å². The van der Waals surface area contributed by atoms with Crippen molar-refractivity contribution < 1.29 is 4.79 Å². The van der Waals surface area contributed by atoms with Gasteiger partial charge in [0.1, 0.15) is 0 Å². The van der Waals surface area contributed by atoms with Gasteiger partial charge in [-0.2, -0.15) is 0 Å². The van der Waals surface area contributed by atoms with Gasteiger partial charge in [-0.15, -0.1) is 0 Å². The molecule has 20 heavy (non-hydrogen) atoms. The van der Waals surface area contributed by atoms with Crippen molar-refractivity contribution >= 4 is 23.1 Å². The fraction of sp³-hybridized carbons (Fsp3) is 0.200. The molecule has 0 unspecified atom stereocenters. The lowest BCUT2D eigenvalue weighted by Crippen LogP contribution is -2.03. The van der Waals surface area contributed by atoms with Crippen molar-refractivity contribution in [1.29, 1.82) is 0 Å². The van der Waals surface area contributed by atoms with E-state index in [1.807, 2.05) is 54.9 Å². The molecule has 0 fully saturated rings. The molecule has 1 N–H and O–H groups in total. The van der Waals surface area contributed by atoms with Crippen LogP contribution in [0.3, 0.4) is 0 Å². The van der Waals surface area contributed by atoms with Crippen LogP contribution >= 0.6 is 11.8 Å². The predicted molar refractivity (Wildman–Crippen MR) is 80.5 cm³/mol. The summed E-state index contributed by atoms with van der Waals surface area (Å²) in [5.74, 6) is 0.524. The maximum absolute atomic E-state index is 12.2. The van der Waals surface area contributed by atoms with Crippen molar-refractivity contribution in [2.45, 2.75) is 19.0 Å². The second-order valence-electron chi connectivity index (χ2n) is 4.74. The van der Waals surface area contributed by atoms with Crippen LogP contribution in [-0.2, 0) is 0 Å². The summed E-state index contributed by atoms with van der Waals surface area (Å²) < 4.78 is 1.99. The second-order valence-corrected chi connectivity index (χ2v) is 5.68. The lowest BCUT2D eigenvalue weighted by Gasteiger charge is -2.01. The van der Waals surface area contributed by atoms with Crippen molar-refractivity contribution in [3.8, 4) is 0 Å². The van der Waals surface area contributed by atoms with Crippen LogP contribution in [0.5, 0.6) is 0 Å². The second kappa shape index (κ2) is 5.17. The van der Waals surface area contributed by atoms with Crippen LogP contribution in [-0.4, -0.2) is 25.9 Å². The molecule has 0 bridgehead atoms. The summed E-state index contributed by atoms with van der Waals surface area (Å²) in [7, 11) is 0. The van der Waals surface area contributed by atoms with E-state index in [1.54, 1.807) is 0 Å². The number of rotatable bonds is 4. The molecular formula is C15H15N3OS. The standard InChI is InChI=1S/C15H15N3OS/c1-10-7-13(11(2)17-10)14(19)9-20-15-16-8-12-5-3-4-6-18(12)15/h3-8,17H,9H2,1-2H3. The molecule has 0 amide bonds. The van der Waals surface area contributed by atoms with Crippen LogP contribution in [0.15, 0.2) is 41.8 Å². The van der Waals surface area contributed by atoms with E-state index in [2.05, 4.69) is 9.97 Å². The van der Waals surface area contributed by atoms with Crippen molar-refractivity contribution in [3.05, 3.63) is 53.6 Å². The van der Waals surface area contributed by atoms with Gasteiger partial charge in [0.2, 0.25) is 0 Å². The molecule has 0 saturated heterocycles. The first-order chi connectivity index (χ1) is 9.65. The number of fused-ring (bicyclic) bond motifs is 1. The number of aromatic nitrogens is 3. The van der Waals surface area contributed by atoms with Gasteiger partial charge >= 0.3 is 0 Å². The van der Waals surface area contributed by atoms with E-state index in [-0.39, 0.29) is 5.78 Å². The summed E-state index contributed by atoms with van der Waals surface area (Å²) in [6.07, 6.45) is 3.78. The Balaban J connectivity index is 1.76. The predicted octanol–water partition coefficient (Wildman–Crippen LogP) is 3.25. The maximum atomic E-state index is 12.2. The lowest BCUT2D eigenvalue weighted by atomic mass is 10.2. The first-order valence-electron chi connectivity index (χ1n) is 6.39. The number of aryl methyl sites for hydroxylation is 2. The zero-order valence-electron chi connectivity index (χ0n) is 11.4. The number of hydrogen-bond donors (Lipinski definition) is 1. The van der Waals surface area contributed by atoms with E-state index in [1.165, 1.54) is 11.8 Å². The third-order valence-corrected chi connectivity index (χ3v) is 4.15. The summed E-state index contributed by atoms with van der Waals surface area (Å²) in [5.41, 5.74) is 3.76. The van der Waals surface area contributed by atoms with Gasteiger partial charge in [-0.05, 0) is 32.0 Å². The highest BCUT2D eigenvalue weighted by Crippen LogP contribution is 2.20. The topological polar surface area (TPSA) is 50.2 Å². The molecule has 0 aliphatic rings. The summed E-state index contributed by atoms with van der Waals surface area (Å²) in [6, 6.07) is 7.84. The van der Waals surface area contributed by atoms with Crippen LogP contribution in [0.4, 0.5) is 0 Å². The molecule has 0 saturated carbocycles. The first kappa shape index (κ1) is 13.0. The van der Waals surface area contributed by atoms with Gasteiger partial charge in [0.25, 0.3) is 0 Å². The van der Waals surface area contributed by atoms with Crippen LogP contribution in [0, 0.1) is 13.8 Å². The van der Waals surface area contributed by atoms with Gasteiger partial charge in [0.05, 0.1) is 17.5 Å². The minimum absolute atomic E-state index is 0.129. The van der Waals surface area contributed by atoms with Gasteiger partial charge in [0, 0.05) is 23.1 Å². The van der Waals surface area contributed by atoms with Crippen LogP contribution in [0.2, 0.25) is 0 Å². The summed E-state index contributed by atoms with van der Waals surface area (Å²) in [4.78, 5) is 19.7. The van der Waals surface area contributed by atoms with Crippen molar-refractivity contribution in [1.82, 2.24) is 14.4 Å². The van der Waals surface area contributed by atoms with Gasteiger partial charge in [0.15, 0.2) is 10.9 Å². The number of H-pyrrole nitrogens is 1. The Morgan fingerprint density at radius 3 is 3.00 bits per heavy atom. The van der Waals surface area contributed by atoms with E-state index < -0.39 is 0 Å². The number of nitrogens with zero attached hydrogens (tertiary/aromatic N) is 2. The van der Waals surface area contributed by atoms with Crippen LogP contribution in [0.1, 0.15) is 21.7 Å². The Kier molecular flexibility index (Phi) is 3.36. The highest BCUT2D eigenvalue weighted by molar-refractivity contribution is 7.99. The average molecular weight is 285 g/mol. The van der Waals surface area contributed by atoms with Crippen LogP contribution < -0.4 is 0 Å². The van der Waals surface area contributed by atoms with Gasteiger partial charge in [-0.1, -0.05) is 17.8 Å². The molecule has 0 aliphatic carbocycles. The quantitative estimate of drug-likeness (QED) is 0.591. The molecule has 5 heteroatoms. The first-order valence-corrected chi connectivity index (χ1v) is 7.38. The normalized spacial score (nSPS) is 11.1. The largest absolute Gasteiger partial charge is 0.362 e. The average Bonchev–Trinajstić information content (AvgIpc) is 2.99. The Labute approximate surface area is 121 Å². The van der Waals surface area contributed by atoms with Crippen molar-refractivity contribution in [2.75, 3.05) is 5.75 Å². The molecule has 0 aliphatic heterocycles. The molecular weight excluding hydrogens is 270 g/mol. The number of Topliss-reactive ketones (excluding diaryl/α,β-unsaturated/α-hetero) is 1. The fourth-order valence-electron chi connectivity index (χ4n) is 2.25. The third-order valence-electron chi connectivity index (χ3n) is 3.19. The minimum Gasteiger partial charge on any atom is -0.362 e. The number of aromatic amines is 1. The smallest absolute Gasteiger partial charge is 0.174 e. The molecule has 0 spiro atoms. The molecule has 0 atom stereocenters. The van der Waals surface area contributed by atoms with Gasteiger partial charge in [-0.3, -0.25) is 9.20 Å². The summed E-state index contributed by atoms with van der Waals surface area (Å²) in [5, 5.41) is 0.846. The highest BCUT2D eigenvalue weighted by Gasteiger charge is 2.13. The molecule has 0 aromatic carbocycles. The number of imidazole rings is 1. The van der Waals surface area contributed by atoms with Crippen molar-refractivity contribution in [2.24, 2.45) is 0 Å². The van der Waals surface area contributed by atoms with Gasteiger partial charge < -0.3 is 4.98 Å². The molecule has 4 nitrogen and oxygen atoms in total. The Bertz CT molecular complexity index is 772. The van der Waals surface area contributed by atoms with E-state index in [0.717, 1.165) is 27.6 Å². The number of hydrogen-bond acceptors (Lipinski definition) is 3. The maximum Gasteiger partial charge on any atom is 0.174 e. The summed E-state index contributed by atoms with van der Waals surface area (Å²) >= 11 is 1.47. The van der Waals surface area contributed by atoms with Crippen molar-refractivity contribution in [3.63, 3.8) is 0 Å². The number of thioether (sulfide) groups is 1. The van der Waals surface area contributed by atoms with E-state index >= 15 is 0 Å². The number of pyridine rings is 1. The molecule has 3 aromatic heterocycles. The molecule has 102 valence electrons. The number of ketones is 1. The number of carbonyl (C=O) groups excluding carboxylic acids is 1. The van der Waals surface area contributed by atoms with Crippen LogP contribution in [0.25, 0.3) is 5.52 Å². The monoisotopic (exact) mass is 285 g/mol. The number of carbonyl (C=O) groups is 1.